The summed E-state index contributed by atoms with van der Waals surface area (Å²) in [4.78, 5) is 11.1. The summed E-state index contributed by atoms with van der Waals surface area (Å²) in [6.45, 7) is 2.01. The van der Waals surface area contributed by atoms with E-state index in [1.165, 1.54) is 12.8 Å². The number of hydrogen-bond acceptors (Lipinski definition) is 2. The first-order valence-corrected chi connectivity index (χ1v) is 6.98. The summed E-state index contributed by atoms with van der Waals surface area (Å²) in [5.41, 5.74) is 2.22. The Labute approximate surface area is 114 Å². The molecule has 1 aromatic rings. The molecule has 104 valence electrons. The van der Waals surface area contributed by atoms with Crippen molar-refractivity contribution >= 4 is 5.97 Å². The molecule has 3 heteroatoms. The van der Waals surface area contributed by atoms with Crippen molar-refractivity contribution < 1.29 is 14.6 Å². The summed E-state index contributed by atoms with van der Waals surface area (Å²) in [6.07, 6.45) is 5.01. The average Bonchev–Trinajstić information content (AvgIpc) is 2.89. The van der Waals surface area contributed by atoms with Crippen LogP contribution < -0.4 is 4.74 Å². The molecule has 1 unspecified atom stereocenters. The molecule has 3 nitrogen and oxygen atoms in total. The number of carboxylic acids is 1. The summed E-state index contributed by atoms with van der Waals surface area (Å²) < 4.78 is 5.27. The highest BCUT2D eigenvalue weighted by Crippen LogP contribution is 2.40. The second-order valence-electron chi connectivity index (χ2n) is 5.48. The van der Waals surface area contributed by atoms with Crippen LogP contribution in [0.2, 0.25) is 0 Å². The summed E-state index contributed by atoms with van der Waals surface area (Å²) in [6, 6.07) is 6.07. The van der Waals surface area contributed by atoms with Crippen molar-refractivity contribution in [2.24, 2.45) is 5.92 Å². The van der Waals surface area contributed by atoms with Crippen LogP contribution in [-0.2, 0) is 4.79 Å². The Morgan fingerprint density at radius 1 is 1.42 bits per heavy atom. The number of hydrogen-bond donors (Lipinski definition) is 1. The number of rotatable bonds is 5. The van der Waals surface area contributed by atoms with Crippen molar-refractivity contribution in [3.63, 3.8) is 0 Å². The summed E-state index contributed by atoms with van der Waals surface area (Å²) in [5, 5.41) is 9.15. The Morgan fingerprint density at radius 3 is 2.63 bits per heavy atom. The highest BCUT2D eigenvalue weighted by molar-refractivity contribution is 5.68. The lowest BCUT2D eigenvalue weighted by atomic mass is 9.82. The second-order valence-corrected chi connectivity index (χ2v) is 5.48. The molecule has 19 heavy (non-hydrogen) atoms. The summed E-state index contributed by atoms with van der Waals surface area (Å²) in [7, 11) is 1.66. The molecule has 0 aromatic heterocycles. The molecule has 1 aliphatic carbocycles. The third-order valence-corrected chi connectivity index (χ3v) is 4.21. The van der Waals surface area contributed by atoms with E-state index in [4.69, 9.17) is 9.84 Å². The van der Waals surface area contributed by atoms with Gasteiger partial charge in [-0.25, -0.2) is 0 Å². The van der Waals surface area contributed by atoms with Crippen molar-refractivity contribution in [3.05, 3.63) is 29.3 Å². The summed E-state index contributed by atoms with van der Waals surface area (Å²) in [5.74, 6) is 0.822. The fourth-order valence-corrected chi connectivity index (χ4v) is 3.24. The van der Waals surface area contributed by atoms with Gasteiger partial charge >= 0.3 is 5.97 Å². The molecule has 0 radical (unpaired) electrons. The normalized spacial score (nSPS) is 17.4. The van der Waals surface area contributed by atoms with E-state index in [0.717, 1.165) is 29.7 Å². The van der Waals surface area contributed by atoms with E-state index < -0.39 is 5.97 Å². The average molecular weight is 262 g/mol. The van der Waals surface area contributed by atoms with Gasteiger partial charge < -0.3 is 9.84 Å². The Balaban J connectivity index is 2.26. The zero-order chi connectivity index (χ0) is 13.8. The first-order chi connectivity index (χ1) is 9.11. The van der Waals surface area contributed by atoms with Gasteiger partial charge in [-0.1, -0.05) is 25.0 Å². The maximum atomic E-state index is 11.1. The van der Waals surface area contributed by atoms with Crippen molar-refractivity contribution in [2.75, 3.05) is 7.11 Å². The van der Waals surface area contributed by atoms with Crippen LogP contribution >= 0.6 is 0 Å². The van der Waals surface area contributed by atoms with Crippen molar-refractivity contribution in [1.82, 2.24) is 0 Å². The monoisotopic (exact) mass is 262 g/mol. The van der Waals surface area contributed by atoms with Gasteiger partial charge in [-0.05, 0) is 48.8 Å². The van der Waals surface area contributed by atoms with E-state index in [-0.39, 0.29) is 12.3 Å². The van der Waals surface area contributed by atoms with Crippen molar-refractivity contribution in [3.8, 4) is 5.75 Å². The SMILES string of the molecule is COc1ccc(C(CC(=O)O)C2CCCC2)cc1C. The number of ether oxygens (including phenoxy) is 1. The van der Waals surface area contributed by atoms with E-state index in [1.807, 2.05) is 19.1 Å². The lowest BCUT2D eigenvalue weighted by Crippen LogP contribution is -2.14. The third kappa shape index (κ3) is 3.28. The van der Waals surface area contributed by atoms with Gasteiger partial charge in [0.25, 0.3) is 0 Å². The largest absolute Gasteiger partial charge is 0.496 e. The van der Waals surface area contributed by atoms with E-state index in [2.05, 4.69) is 6.07 Å². The van der Waals surface area contributed by atoms with Gasteiger partial charge in [-0.2, -0.15) is 0 Å². The lowest BCUT2D eigenvalue weighted by Gasteiger charge is -2.23. The molecular formula is C16H22O3. The van der Waals surface area contributed by atoms with Crippen LogP contribution in [0, 0.1) is 12.8 Å². The van der Waals surface area contributed by atoms with Gasteiger partial charge in [0, 0.05) is 0 Å². The third-order valence-electron chi connectivity index (χ3n) is 4.21. The van der Waals surface area contributed by atoms with Crippen LogP contribution in [0.15, 0.2) is 18.2 Å². The van der Waals surface area contributed by atoms with Gasteiger partial charge in [0.1, 0.15) is 5.75 Å². The molecular weight excluding hydrogens is 240 g/mol. The molecule has 1 saturated carbocycles. The highest BCUT2D eigenvalue weighted by Gasteiger charge is 2.28. The van der Waals surface area contributed by atoms with Gasteiger partial charge in [0.05, 0.1) is 13.5 Å². The predicted molar refractivity (Wildman–Crippen MR) is 74.7 cm³/mol. The molecule has 1 aromatic carbocycles. The van der Waals surface area contributed by atoms with E-state index >= 15 is 0 Å². The highest BCUT2D eigenvalue weighted by atomic mass is 16.5. The number of carbonyl (C=O) groups is 1. The van der Waals surface area contributed by atoms with Crippen molar-refractivity contribution in [2.45, 2.75) is 44.9 Å². The minimum Gasteiger partial charge on any atom is -0.496 e. The zero-order valence-corrected chi connectivity index (χ0v) is 11.7. The smallest absolute Gasteiger partial charge is 0.303 e. The molecule has 1 atom stereocenters. The minimum atomic E-state index is -0.703. The standard InChI is InChI=1S/C16H22O3/c1-11-9-13(7-8-15(11)19-2)14(10-16(17)18)12-5-3-4-6-12/h7-9,12,14H,3-6,10H2,1-2H3,(H,17,18). The Kier molecular flexibility index (Phi) is 4.46. The van der Waals surface area contributed by atoms with E-state index in [1.54, 1.807) is 7.11 Å². The Hall–Kier alpha value is -1.51. The minimum absolute atomic E-state index is 0.143. The topological polar surface area (TPSA) is 46.5 Å². The molecule has 0 spiro atoms. The lowest BCUT2D eigenvalue weighted by molar-refractivity contribution is -0.137. The number of benzene rings is 1. The van der Waals surface area contributed by atoms with Crippen LogP contribution in [0.1, 0.15) is 49.1 Å². The number of methoxy groups -OCH3 is 1. The number of aliphatic carboxylic acids is 1. The zero-order valence-electron chi connectivity index (χ0n) is 11.7. The molecule has 0 saturated heterocycles. The molecule has 0 heterocycles. The molecule has 1 fully saturated rings. The summed E-state index contributed by atoms with van der Waals surface area (Å²) >= 11 is 0. The van der Waals surface area contributed by atoms with Gasteiger partial charge in [-0.15, -0.1) is 0 Å². The Morgan fingerprint density at radius 2 is 2.11 bits per heavy atom. The fourth-order valence-electron chi connectivity index (χ4n) is 3.24. The van der Waals surface area contributed by atoms with E-state index in [0.29, 0.717) is 5.92 Å². The molecule has 2 rings (SSSR count). The molecule has 0 amide bonds. The molecule has 1 N–H and O–H groups in total. The maximum Gasteiger partial charge on any atom is 0.303 e. The number of carboxylic acid groups (broad SMARTS) is 1. The number of aryl methyl sites for hydroxylation is 1. The molecule has 1 aliphatic rings. The van der Waals surface area contributed by atoms with Gasteiger partial charge in [-0.3, -0.25) is 4.79 Å². The van der Waals surface area contributed by atoms with Crippen LogP contribution in [0.3, 0.4) is 0 Å². The van der Waals surface area contributed by atoms with Crippen LogP contribution in [0.5, 0.6) is 5.75 Å². The van der Waals surface area contributed by atoms with Crippen LogP contribution in [0.25, 0.3) is 0 Å². The van der Waals surface area contributed by atoms with Gasteiger partial charge in [0.15, 0.2) is 0 Å². The van der Waals surface area contributed by atoms with Gasteiger partial charge in [0.2, 0.25) is 0 Å². The maximum absolute atomic E-state index is 11.1. The van der Waals surface area contributed by atoms with E-state index in [9.17, 15) is 4.79 Å². The van der Waals surface area contributed by atoms with Crippen LogP contribution in [0.4, 0.5) is 0 Å². The predicted octanol–water partition coefficient (Wildman–Crippen LogP) is 3.75. The fraction of sp³-hybridized carbons (Fsp3) is 0.562. The second kappa shape index (κ2) is 6.09. The Bertz CT molecular complexity index is 447. The quantitative estimate of drug-likeness (QED) is 0.879. The first kappa shape index (κ1) is 13.9. The van der Waals surface area contributed by atoms with Crippen molar-refractivity contribution in [1.29, 1.82) is 0 Å². The molecule has 0 aliphatic heterocycles. The van der Waals surface area contributed by atoms with Crippen LogP contribution in [-0.4, -0.2) is 18.2 Å². The first-order valence-electron chi connectivity index (χ1n) is 6.98. The molecule has 0 bridgehead atoms.